The molecule has 0 saturated heterocycles. The van der Waals surface area contributed by atoms with Crippen molar-refractivity contribution >= 4 is 48.8 Å². The minimum atomic E-state index is -4.67. The maximum atomic E-state index is 8.74. The average molecular weight is 260 g/mol. The van der Waals surface area contributed by atoms with Crippen LogP contribution in [-0.4, -0.2) is 65.5 Å². The first-order valence-electron chi connectivity index (χ1n) is 1.96. The predicted octanol–water partition coefficient (Wildman–Crippen LogP) is -5.09. The van der Waals surface area contributed by atoms with Crippen molar-refractivity contribution in [1.29, 1.82) is 0 Å². The third-order valence-corrected chi connectivity index (χ3v) is 0. The summed E-state index contributed by atoms with van der Waals surface area (Å²) in [6.07, 6.45) is -2.33. The fourth-order valence-electron chi connectivity index (χ4n) is 0. The van der Waals surface area contributed by atoms with Crippen LogP contribution in [0, 0.1) is 0 Å². The van der Waals surface area contributed by atoms with Crippen LogP contribution in [0.15, 0.2) is 0 Å². The number of rotatable bonds is 0. The molecule has 0 radical (unpaired) electrons. The van der Waals surface area contributed by atoms with Gasteiger partial charge in [-0.2, -0.15) is 8.42 Å². The fraction of sp³-hybridized carbons (Fsp3) is 0. The average Bonchev–Trinajstić information content (AvgIpc) is 1.50. The Kier molecular flexibility index (Phi) is 20.9. The molecule has 0 fully saturated rings. The first-order valence-corrected chi connectivity index (χ1v) is 4.66. The first-order chi connectivity index (χ1) is 5.46. The molecule has 0 aliphatic rings. The molecule has 0 amide bonds. The van der Waals surface area contributed by atoms with E-state index in [9.17, 15) is 0 Å². The van der Waals surface area contributed by atoms with E-state index in [1.165, 1.54) is 0 Å². The second-order valence-electron chi connectivity index (χ2n) is 0.980. The Bertz CT molecular complexity index is 215. The third kappa shape index (κ3) is 5610. The molecule has 80 valence electrons. The quantitative estimate of drug-likeness (QED) is 0.241. The molecule has 0 aliphatic carbocycles. The van der Waals surface area contributed by atoms with Gasteiger partial charge in [-0.05, 0) is 6.16 Å². The summed E-state index contributed by atoms with van der Waals surface area (Å²) in [5, 5.41) is 16.7. The smallest absolute Gasteiger partial charge is 0.652 e. The van der Waals surface area contributed by atoms with Gasteiger partial charge in [0.25, 0.3) is 0 Å². The summed E-state index contributed by atoms with van der Waals surface area (Å²) < 4.78 is 40.3. The zero-order chi connectivity index (χ0) is 11.7. The number of hydrogen-bond acceptors (Lipinski definition) is 6. The van der Waals surface area contributed by atoms with Crippen LogP contribution >= 0.6 is 0 Å². The van der Waals surface area contributed by atoms with Crippen LogP contribution in [0.3, 0.4) is 0 Å². The summed E-state index contributed by atoms with van der Waals surface area (Å²) in [5.74, 6) is 0. The SMILES string of the molecule is O=C([O-])[O-].O=S(=O)(O)O.O=[Si](O)O.[Mg+2]. The molecule has 0 saturated carbocycles. The van der Waals surface area contributed by atoms with Crippen LogP contribution in [0.25, 0.3) is 0 Å². The molecule has 0 bridgehead atoms. The van der Waals surface area contributed by atoms with E-state index in [0.717, 1.165) is 0 Å². The van der Waals surface area contributed by atoms with Crippen molar-refractivity contribution in [2.45, 2.75) is 0 Å². The molecule has 0 aliphatic heterocycles. The standard InChI is InChI=1S/CH2O3.Mg.H2O4S.H2O3Si/c2-1(3)4;;1-5(2,3)4;1-4(2)3/h(H2,2,3,4);;(H2,1,2,3,4);1-2H/q;+2;;/p-2. The Balaban J connectivity index is -0.0000000522. The third-order valence-electron chi connectivity index (χ3n) is 0. The van der Waals surface area contributed by atoms with E-state index in [4.69, 9.17) is 46.6 Å². The second kappa shape index (κ2) is 12.5. The number of carbonyl (C=O) groups excluding carboxylic acids is 1. The molecule has 0 spiro atoms. The monoisotopic (exact) mass is 260 g/mol. The molecule has 0 aromatic heterocycles. The van der Waals surface area contributed by atoms with Gasteiger partial charge in [0.05, 0.1) is 0 Å². The van der Waals surface area contributed by atoms with Crippen LogP contribution in [-0.2, 0) is 14.9 Å². The van der Waals surface area contributed by atoms with E-state index < -0.39 is 25.7 Å². The van der Waals surface area contributed by atoms with Gasteiger partial charge in [-0.3, -0.25) is 13.6 Å². The Morgan fingerprint density at radius 2 is 1.14 bits per heavy atom. The van der Waals surface area contributed by atoms with Crippen molar-refractivity contribution in [3.8, 4) is 0 Å². The molecule has 0 aromatic rings. The van der Waals surface area contributed by atoms with Crippen LogP contribution in [0.2, 0.25) is 0 Å². The Morgan fingerprint density at radius 1 is 1.14 bits per heavy atom. The van der Waals surface area contributed by atoms with Gasteiger partial charge in [-0.25, -0.2) is 0 Å². The largest absolute Gasteiger partial charge is 2.00 e. The zero-order valence-electron chi connectivity index (χ0n) is 6.35. The summed E-state index contributed by atoms with van der Waals surface area (Å²) in [6.45, 7) is 0. The number of carbonyl (C=O) groups is 1. The Morgan fingerprint density at radius 3 is 1.14 bits per heavy atom. The molecule has 14 heavy (non-hydrogen) atoms. The molecule has 0 rings (SSSR count). The summed E-state index contributed by atoms with van der Waals surface area (Å²) >= 11 is 0. The molecular weight excluding hydrogens is 256 g/mol. The summed E-state index contributed by atoms with van der Waals surface area (Å²) in [6, 6.07) is 0. The predicted molar refractivity (Wildman–Crippen MR) is 36.2 cm³/mol. The number of hydrogen-bond donors (Lipinski definition) is 4. The van der Waals surface area contributed by atoms with Crippen molar-refractivity contribution in [2.24, 2.45) is 0 Å². The molecule has 0 aromatic carbocycles. The van der Waals surface area contributed by atoms with Gasteiger partial charge < -0.3 is 24.6 Å². The van der Waals surface area contributed by atoms with Crippen LogP contribution in [0.1, 0.15) is 0 Å². The van der Waals surface area contributed by atoms with E-state index in [-0.39, 0.29) is 23.1 Å². The Hall–Kier alpha value is -0.477. The maximum absolute atomic E-state index is 8.74. The summed E-state index contributed by atoms with van der Waals surface area (Å²) in [5.41, 5.74) is 0. The van der Waals surface area contributed by atoms with Gasteiger partial charge in [-0.15, -0.1) is 0 Å². The van der Waals surface area contributed by atoms with Gasteiger partial charge in [0.2, 0.25) is 0 Å². The molecule has 4 N–H and O–H groups in total. The molecule has 10 nitrogen and oxygen atoms in total. The molecule has 13 heteroatoms. The number of carboxylic acid groups (broad SMARTS) is 2. The van der Waals surface area contributed by atoms with Gasteiger partial charge in [0.15, 0.2) is 0 Å². The zero-order valence-corrected chi connectivity index (χ0v) is 9.58. The van der Waals surface area contributed by atoms with Crippen molar-refractivity contribution in [2.75, 3.05) is 0 Å². The van der Waals surface area contributed by atoms with Gasteiger partial charge in [0.1, 0.15) is 0 Å². The van der Waals surface area contributed by atoms with E-state index in [1.54, 1.807) is 0 Å². The van der Waals surface area contributed by atoms with Crippen molar-refractivity contribution in [3.05, 3.63) is 0 Å². The van der Waals surface area contributed by atoms with Crippen molar-refractivity contribution in [3.63, 3.8) is 0 Å². The van der Waals surface area contributed by atoms with Crippen molar-refractivity contribution in [1.82, 2.24) is 0 Å². The van der Waals surface area contributed by atoms with Gasteiger partial charge >= 0.3 is 42.6 Å². The maximum Gasteiger partial charge on any atom is 2.00 e. The van der Waals surface area contributed by atoms with E-state index in [2.05, 4.69) is 0 Å². The molecule has 0 unspecified atom stereocenters. The molecule has 0 atom stereocenters. The topological polar surface area (TPSA) is 195 Å². The van der Waals surface area contributed by atoms with Crippen LogP contribution < -0.4 is 10.2 Å². The van der Waals surface area contributed by atoms with E-state index >= 15 is 0 Å². The second-order valence-corrected chi connectivity index (χ2v) is 2.44. The molecule has 0 heterocycles. The first kappa shape index (κ1) is 23.4. The van der Waals surface area contributed by atoms with Crippen LogP contribution in [0.4, 0.5) is 4.79 Å². The normalized spacial score (nSPS) is 7.57. The summed E-state index contributed by atoms with van der Waals surface area (Å²) in [7, 11) is -7.80. The van der Waals surface area contributed by atoms with Crippen molar-refractivity contribution < 1.29 is 46.6 Å². The van der Waals surface area contributed by atoms with E-state index in [1.807, 2.05) is 0 Å². The minimum Gasteiger partial charge on any atom is -0.652 e. The van der Waals surface area contributed by atoms with Crippen LogP contribution in [0.5, 0.6) is 0 Å². The molecular formula is CH4MgO10SSi. The van der Waals surface area contributed by atoms with E-state index in [0.29, 0.717) is 0 Å². The van der Waals surface area contributed by atoms with Gasteiger partial charge in [0, 0.05) is 0 Å². The minimum absolute atomic E-state index is 0. The van der Waals surface area contributed by atoms with Gasteiger partial charge in [-0.1, -0.05) is 0 Å². The Labute approximate surface area is 95.4 Å². The summed E-state index contributed by atoms with van der Waals surface area (Å²) in [4.78, 5) is 22.6. The fourth-order valence-corrected chi connectivity index (χ4v) is 0.